The van der Waals surface area contributed by atoms with Crippen molar-refractivity contribution in [2.45, 2.75) is 189 Å². The highest BCUT2D eigenvalue weighted by atomic mass is 33.1. The fraction of sp³-hybridized carbons (Fsp3) is 0.462. The summed E-state index contributed by atoms with van der Waals surface area (Å²) in [4.78, 5) is 226. The molecule has 1 aliphatic heterocycles. The van der Waals surface area contributed by atoms with Crippen LogP contribution in [0.5, 0.6) is 0 Å². The van der Waals surface area contributed by atoms with E-state index in [9.17, 15) is 78.0 Å². The Balaban J connectivity index is 0.00000616. The Labute approximate surface area is 693 Å². The number of aliphatic carboxylic acids is 2. The normalized spacial score (nSPS) is 23.2. The Morgan fingerprint density at radius 1 is 0.471 bits per heavy atom. The smallest absolute Gasteiger partial charge is 0.327 e. The molecule has 41 heteroatoms. The molecule has 1 aliphatic rings. The molecule has 1 aromatic heterocycles. The van der Waals surface area contributed by atoms with E-state index in [0.717, 1.165) is 42.4 Å². The van der Waals surface area contributed by atoms with Crippen molar-refractivity contribution < 1.29 is 102 Å². The van der Waals surface area contributed by atoms with Gasteiger partial charge in [0.1, 0.15) is 72.5 Å². The number of carboxylic acid groups (broad SMARTS) is 2. The van der Waals surface area contributed by atoms with E-state index in [1.54, 1.807) is 121 Å². The zero-order valence-electron chi connectivity index (χ0n) is 66.1. The highest BCUT2D eigenvalue weighted by Crippen LogP contribution is 2.25. The monoisotopic (exact) mass is 1700 g/mol. The van der Waals surface area contributed by atoms with Gasteiger partial charge < -0.3 is 123 Å². The van der Waals surface area contributed by atoms with Gasteiger partial charge in [0, 0.05) is 61.2 Å². The Morgan fingerprint density at radius 3 is 1.28 bits per heavy atom. The lowest BCUT2D eigenvalue weighted by Gasteiger charge is -2.29. The molecular formula is C78H108N18O21S2. The number of carboxylic acids is 2. The van der Waals surface area contributed by atoms with E-state index in [-0.39, 0.29) is 70.9 Å². The summed E-state index contributed by atoms with van der Waals surface area (Å²) in [7, 11) is 1.49. The Bertz CT molecular complexity index is 4240. The number of H-pyrrole nitrogens is 1. The van der Waals surface area contributed by atoms with Crippen molar-refractivity contribution in [3.63, 3.8) is 0 Å². The number of aliphatic hydroxyl groups is 3. The third kappa shape index (κ3) is 34.1. The second kappa shape index (κ2) is 50.9. The Hall–Kier alpha value is -11.6. The maximum absolute atomic E-state index is 15.4. The lowest BCUT2D eigenvalue weighted by atomic mass is 10.00. The molecule has 4 unspecified atom stereocenters. The molecule has 4 aromatic carbocycles. The number of carbonyl (C=O) groups excluding carboxylic acids is 14. The average Bonchev–Trinajstić information content (AvgIpc) is 1.67. The van der Waals surface area contributed by atoms with Crippen LogP contribution in [-0.4, -0.2) is 254 Å². The minimum Gasteiger partial charge on any atom is -0.481 e. The predicted octanol–water partition coefficient (Wildman–Crippen LogP) is -4.82. The van der Waals surface area contributed by atoms with Crippen LogP contribution >= 0.6 is 21.6 Å². The number of primary amides is 1. The first-order valence-corrected chi connectivity index (χ1v) is 40.8. The van der Waals surface area contributed by atoms with Crippen LogP contribution in [0.3, 0.4) is 0 Å². The van der Waals surface area contributed by atoms with Crippen molar-refractivity contribution >= 4 is 127 Å². The molecule has 14 amide bonds. The van der Waals surface area contributed by atoms with Crippen LogP contribution in [0, 0.1) is 0 Å². The zero-order valence-corrected chi connectivity index (χ0v) is 67.8. The highest BCUT2D eigenvalue weighted by molar-refractivity contribution is 8.76. The van der Waals surface area contributed by atoms with Gasteiger partial charge in [-0.15, -0.1) is 0 Å². The quantitative estimate of drug-likeness (QED) is 0.0182. The number of aromatic nitrogens is 1. The average molecular weight is 1700 g/mol. The number of hydrogen-bond donors (Lipinski definition) is 23. The molecule has 6 rings (SSSR count). The molecule has 0 saturated carbocycles. The summed E-state index contributed by atoms with van der Waals surface area (Å²) >= 11 is 0. The number of para-hydroxylation sites is 1. The van der Waals surface area contributed by atoms with Crippen molar-refractivity contribution in [2.75, 3.05) is 37.7 Å². The van der Waals surface area contributed by atoms with E-state index in [1.807, 2.05) is 0 Å². The van der Waals surface area contributed by atoms with E-state index in [1.165, 1.54) is 6.92 Å². The number of unbranched alkanes of at least 4 members (excludes halogenated alkanes) is 2. The number of nitrogens with one attached hydrogen (secondary N) is 14. The van der Waals surface area contributed by atoms with E-state index in [2.05, 4.69) is 74.1 Å². The van der Waals surface area contributed by atoms with E-state index < -0.39 is 216 Å². The zero-order chi connectivity index (χ0) is 87.8. The van der Waals surface area contributed by atoms with Gasteiger partial charge in [0.15, 0.2) is 0 Å². The first kappa shape index (κ1) is 98.0. The van der Waals surface area contributed by atoms with Gasteiger partial charge in [-0.1, -0.05) is 131 Å². The van der Waals surface area contributed by atoms with Gasteiger partial charge in [-0.25, -0.2) is 4.79 Å². The predicted molar refractivity (Wildman–Crippen MR) is 438 cm³/mol. The largest absolute Gasteiger partial charge is 0.481 e. The Kier molecular flexibility index (Phi) is 41.9. The number of nitrogens with two attached hydrogens (primary N) is 4. The van der Waals surface area contributed by atoms with Gasteiger partial charge in [0.2, 0.25) is 82.7 Å². The summed E-state index contributed by atoms with van der Waals surface area (Å²) in [5.74, 6) is -18.6. The molecule has 1 saturated heterocycles. The molecule has 119 heavy (non-hydrogen) atoms. The van der Waals surface area contributed by atoms with Crippen LogP contribution in [0.25, 0.3) is 10.9 Å². The van der Waals surface area contributed by atoms with Crippen molar-refractivity contribution in [2.24, 2.45) is 22.9 Å². The summed E-state index contributed by atoms with van der Waals surface area (Å²) in [6.07, 6.45) is -3.48. The second-order valence-electron chi connectivity index (χ2n) is 28.1. The molecule has 0 spiro atoms. The summed E-state index contributed by atoms with van der Waals surface area (Å²) in [5, 5.41) is 83.5. The third-order valence-corrected chi connectivity index (χ3v) is 20.7. The van der Waals surface area contributed by atoms with Gasteiger partial charge in [0.05, 0.1) is 37.8 Å². The standard InChI is InChI=1S/C76H104N18O19S2.C2H4O2/c1-41(79)64(100)82-37-61(99)83-58-39-114-115-40-59(76(112)113)92-72(108)57(38-95)91-75(111)63(43(3)97)94-71(107)54(33-46-23-11-6-12-24-46)90-74(110)62(42(2)96)93-66(102)51(28-16-18-30-78)84-69(105)55(34-47-36-81-49-26-14-13-25-48(47)49)88-68(104)53(32-45-21-9-5-10-22-45)86-67(103)52(31-44-19-7-4-8-20-44)87-70(106)56(35-60(80)98)89-65(101)50(85-73(58)109)27-15-17-29-77;1-2(3)4/h4-14,19-26,36,41-43,50-59,62-63,81,95-97H,15-18,27-35,37-40,77-79H2,1-3H3,(H2,80,98)(H,82,100)(H,83,99)(H,84,105)(H,85,109)(H,86,103)(H,87,106)(H,88,104)(H,89,101)(H,90,110)(H,91,111)(H,92,108)(H,93,102)(H,94,107)(H,112,113);1H3,(H,3,4)/t41-,42+,43+,50-,51-,52?,53-,54?,55?,56-,57?,58-,59-,62-,63-;/m0./s1. The van der Waals surface area contributed by atoms with Crippen LogP contribution in [0.4, 0.5) is 0 Å². The van der Waals surface area contributed by atoms with Crippen LogP contribution in [-0.2, 0) is 102 Å². The first-order chi connectivity index (χ1) is 56.6. The van der Waals surface area contributed by atoms with Gasteiger partial charge in [-0.3, -0.25) is 71.9 Å². The summed E-state index contributed by atoms with van der Waals surface area (Å²) in [6.45, 7) is 2.96. The van der Waals surface area contributed by atoms with Gasteiger partial charge in [-0.05, 0) is 101 Å². The topological polar surface area (TPSA) is 651 Å². The summed E-state index contributed by atoms with van der Waals surface area (Å²) in [5.41, 5.74) is 25.6. The lowest BCUT2D eigenvalue weighted by Crippen LogP contribution is -2.63. The maximum Gasteiger partial charge on any atom is 0.327 e. The Morgan fingerprint density at radius 2 is 0.840 bits per heavy atom. The van der Waals surface area contributed by atoms with E-state index in [0.29, 0.717) is 39.6 Å². The van der Waals surface area contributed by atoms with E-state index in [4.69, 9.17) is 32.8 Å². The minimum absolute atomic E-state index is 0.104. The molecule has 0 aliphatic carbocycles. The van der Waals surface area contributed by atoms with E-state index >= 15 is 14.4 Å². The number of amides is 14. The summed E-state index contributed by atoms with van der Waals surface area (Å²) < 4.78 is 0. The van der Waals surface area contributed by atoms with Crippen LogP contribution in [0.2, 0.25) is 0 Å². The molecule has 27 N–H and O–H groups in total. The number of carbonyl (C=O) groups is 16. The fourth-order valence-electron chi connectivity index (χ4n) is 11.9. The molecule has 15 atom stereocenters. The first-order valence-electron chi connectivity index (χ1n) is 38.3. The van der Waals surface area contributed by atoms with Gasteiger partial charge >= 0.3 is 5.97 Å². The van der Waals surface area contributed by atoms with Crippen molar-refractivity contribution in [3.05, 3.63) is 144 Å². The van der Waals surface area contributed by atoms with Crippen LogP contribution in [0.1, 0.15) is 94.9 Å². The van der Waals surface area contributed by atoms with Crippen molar-refractivity contribution in [1.82, 2.24) is 74.1 Å². The SMILES string of the molecule is CC(=O)O.C[C@H](N)C(=O)NCC(=O)N[C@H]1CSSC[C@@H](C(=O)O)NC(=O)C(CO)NC(=O)[C@H]([C@@H](C)O)NC(=O)C(Cc2ccccc2)NC(=O)[C@H]([C@@H](C)O)NC(=O)[C@H](CCCCN)NC(=O)C(Cc2c[nH]c3ccccc23)NC(=O)[C@H](Cc2ccccc2)NC(=O)C(Cc2ccccc2)NC(=O)[C@H](CC(N)=O)NC(=O)[C@H](CCCCN)NC1=O. The highest BCUT2D eigenvalue weighted by Gasteiger charge is 2.40. The van der Waals surface area contributed by atoms with Crippen LogP contribution < -0.4 is 92.1 Å². The number of aromatic amines is 1. The molecular weight excluding hydrogens is 1590 g/mol. The molecule has 5 aromatic rings. The molecule has 1 fully saturated rings. The third-order valence-electron chi connectivity index (χ3n) is 18.3. The number of rotatable bonds is 26. The number of aliphatic hydroxyl groups excluding tert-OH is 3. The lowest BCUT2D eigenvalue weighted by molar-refractivity contribution is -0.142. The minimum atomic E-state index is -1.99. The number of fused-ring (bicyclic) bond motifs is 1. The second-order valence-corrected chi connectivity index (χ2v) is 30.7. The molecule has 648 valence electrons. The van der Waals surface area contributed by atoms with Crippen LogP contribution in [0.15, 0.2) is 121 Å². The van der Waals surface area contributed by atoms with Gasteiger partial charge in [0.25, 0.3) is 5.97 Å². The van der Waals surface area contributed by atoms with Crippen molar-refractivity contribution in [3.8, 4) is 0 Å². The maximum atomic E-state index is 15.4. The number of benzene rings is 4. The molecule has 0 radical (unpaired) electrons. The molecule has 0 bridgehead atoms. The van der Waals surface area contributed by atoms with Gasteiger partial charge in [-0.2, -0.15) is 0 Å². The number of hydrogen-bond acceptors (Lipinski definition) is 24. The molecule has 39 nitrogen and oxygen atoms in total. The molecule has 2 heterocycles. The van der Waals surface area contributed by atoms with Crippen molar-refractivity contribution in [1.29, 1.82) is 0 Å². The fourth-order valence-corrected chi connectivity index (χ4v) is 14.3. The summed E-state index contributed by atoms with van der Waals surface area (Å²) in [6, 6.07) is 9.57.